The molecule has 0 fully saturated rings. The van der Waals surface area contributed by atoms with Crippen LogP contribution >= 0.6 is 0 Å². The molecule has 3 aromatic carbocycles. The zero-order chi connectivity index (χ0) is 31.0. The summed E-state index contributed by atoms with van der Waals surface area (Å²) >= 11 is 0. The molecule has 1 aliphatic rings. The minimum Gasteiger partial charge on any atom is -0.494 e. The van der Waals surface area contributed by atoms with E-state index in [4.69, 9.17) is 24.3 Å². The van der Waals surface area contributed by atoms with Crippen molar-refractivity contribution in [2.75, 3.05) is 13.2 Å². The van der Waals surface area contributed by atoms with Gasteiger partial charge in [0.15, 0.2) is 11.6 Å². The van der Waals surface area contributed by atoms with Crippen LogP contribution in [0.3, 0.4) is 0 Å². The van der Waals surface area contributed by atoms with E-state index >= 15 is 0 Å². The monoisotopic (exact) mass is 594 g/mol. The summed E-state index contributed by atoms with van der Waals surface area (Å²) in [6, 6.07) is 19.0. The average molecular weight is 595 g/mol. The van der Waals surface area contributed by atoms with Gasteiger partial charge < -0.3 is 24.6 Å². The second kappa shape index (κ2) is 13.8. The van der Waals surface area contributed by atoms with Crippen LogP contribution in [0.25, 0.3) is 0 Å². The number of hydrogen-bond donors (Lipinski definition) is 2. The highest BCUT2D eigenvalue weighted by atomic mass is 19.1. The van der Waals surface area contributed by atoms with Crippen LogP contribution in [0.1, 0.15) is 62.8 Å². The van der Waals surface area contributed by atoms with E-state index < -0.39 is 40.8 Å². The van der Waals surface area contributed by atoms with Crippen LogP contribution in [0.5, 0.6) is 5.75 Å². The lowest BCUT2D eigenvalue weighted by molar-refractivity contribution is -0.155. The molecule has 2 atom stereocenters. The van der Waals surface area contributed by atoms with Gasteiger partial charge in [-0.05, 0) is 74.7 Å². The molecule has 0 spiro atoms. The Hall–Kier alpha value is -4.31. The average Bonchev–Trinajstić information content (AvgIpc) is 3.35. The summed E-state index contributed by atoms with van der Waals surface area (Å²) in [6.45, 7) is 5.46. The van der Waals surface area contributed by atoms with Gasteiger partial charge in [0.25, 0.3) is 5.91 Å². The minimum absolute atomic E-state index is 0.0190. The molecule has 0 saturated carbocycles. The number of aliphatic hydroxyl groups is 1. The third kappa shape index (κ3) is 8.38. The van der Waals surface area contributed by atoms with E-state index in [0.717, 1.165) is 18.2 Å². The Balaban J connectivity index is 1.70. The summed E-state index contributed by atoms with van der Waals surface area (Å²) in [7, 11) is 0. The lowest BCUT2D eigenvalue weighted by atomic mass is 9.83. The van der Waals surface area contributed by atoms with Crippen LogP contribution < -0.4 is 10.1 Å². The minimum atomic E-state index is -1.62. The van der Waals surface area contributed by atoms with Crippen LogP contribution in [0.15, 0.2) is 77.8 Å². The fraction of sp³-hybridized carbons (Fsp3) is 0.364. The van der Waals surface area contributed by atoms with E-state index in [1.807, 2.05) is 6.07 Å². The highest BCUT2D eigenvalue weighted by molar-refractivity contribution is 6.01. The fourth-order valence-electron chi connectivity index (χ4n) is 4.73. The van der Waals surface area contributed by atoms with Crippen LogP contribution in [0.4, 0.5) is 8.78 Å². The van der Waals surface area contributed by atoms with E-state index in [9.17, 15) is 18.4 Å². The summed E-state index contributed by atoms with van der Waals surface area (Å²) in [5.41, 5.74) is -0.885. The maximum Gasteiger partial charge on any atom is 0.306 e. The molecule has 8 nitrogen and oxygen atoms in total. The van der Waals surface area contributed by atoms with Crippen LogP contribution in [-0.4, -0.2) is 47.2 Å². The van der Waals surface area contributed by atoms with Gasteiger partial charge in [0.05, 0.1) is 6.61 Å². The fourth-order valence-corrected chi connectivity index (χ4v) is 4.73. The molecule has 10 heteroatoms. The van der Waals surface area contributed by atoms with Crippen LogP contribution in [0.2, 0.25) is 0 Å². The molecule has 1 aliphatic heterocycles. The molecule has 0 bridgehead atoms. The van der Waals surface area contributed by atoms with Crippen molar-refractivity contribution in [3.05, 3.63) is 101 Å². The third-order valence-electron chi connectivity index (χ3n) is 6.64. The lowest BCUT2D eigenvalue weighted by Crippen LogP contribution is -2.48. The van der Waals surface area contributed by atoms with Crippen molar-refractivity contribution >= 4 is 17.8 Å². The van der Waals surface area contributed by atoms with E-state index in [-0.39, 0.29) is 37.5 Å². The molecule has 2 N–H and O–H groups in total. The van der Waals surface area contributed by atoms with Gasteiger partial charge in [-0.2, -0.15) is 0 Å². The molecular weight excluding hydrogens is 558 g/mol. The number of carbonyl (C=O) groups excluding carboxylic acids is 2. The first-order chi connectivity index (χ1) is 20.5. The number of ether oxygens (including phenoxy) is 3. The molecule has 0 saturated heterocycles. The first-order valence-corrected chi connectivity index (χ1v) is 14.1. The number of aliphatic imine (C=N–C) groups is 1. The largest absolute Gasteiger partial charge is 0.494 e. The summed E-state index contributed by atoms with van der Waals surface area (Å²) in [6.07, 6.45) is -0.624. The summed E-state index contributed by atoms with van der Waals surface area (Å²) in [4.78, 5) is 31.7. The van der Waals surface area contributed by atoms with E-state index in [0.29, 0.717) is 29.9 Å². The standard InChI is InChI=1S/C33H36F2N2O6/c1-32(2,3)43-28(39)14-15-33(31(40)36-21-22-18-25(34)20-26(35)19-22)29(23-8-5-4-6-9-23)42-30(37-33)24-10-12-27(13-11-24)41-17-7-16-38/h4-6,8-13,18-20,29,38H,7,14-17,21H2,1-3H3,(H,36,40)/t29-,33-/m1/s1. The Bertz CT molecular complexity index is 1420. The Morgan fingerprint density at radius 3 is 2.33 bits per heavy atom. The molecule has 0 unspecified atom stereocenters. The van der Waals surface area contributed by atoms with Crippen molar-refractivity contribution in [1.29, 1.82) is 0 Å². The van der Waals surface area contributed by atoms with Gasteiger partial charge in [0.1, 0.15) is 23.0 Å². The van der Waals surface area contributed by atoms with Crippen molar-refractivity contribution in [2.24, 2.45) is 4.99 Å². The quantitative estimate of drug-likeness (QED) is 0.214. The van der Waals surface area contributed by atoms with Crippen molar-refractivity contribution in [3.8, 4) is 5.75 Å². The topological polar surface area (TPSA) is 106 Å². The highest BCUT2D eigenvalue weighted by Crippen LogP contribution is 2.43. The molecule has 43 heavy (non-hydrogen) atoms. The highest BCUT2D eigenvalue weighted by Gasteiger charge is 2.53. The maximum absolute atomic E-state index is 14.1. The smallest absolute Gasteiger partial charge is 0.306 e. The SMILES string of the molecule is CC(C)(C)OC(=O)CC[C@@]1(C(=O)NCc2cc(F)cc(F)c2)N=C(c2ccc(OCCCO)cc2)O[C@@H]1c1ccccc1. The third-order valence-corrected chi connectivity index (χ3v) is 6.64. The predicted octanol–water partition coefficient (Wildman–Crippen LogP) is 5.42. The molecule has 4 rings (SSSR count). The molecule has 3 aromatic rings. The number of esters is 1. The molecule has 228 valence electrons. The van der Waals surface area contributed by atoms with Gasteiger partial charge in [0, 0.05) is 37.6 Å². The van der Waals surface area contributed by atoms with Crippen molar-refractivity contribution in [2.45, 2.75) is 63.8 Å². The number of nitrogens with zero attached hydrogens (tertiary/aromatic N) is 1. The van der Waals surface area contributed by atoms with E-state index in [1.165, 1.54) is 0 Å². The summed E-state index contributed by atoms with van der Waals surface area (Å²) in [5.74, 6) is -1.84. The first-order valence-electron chi connectivity index (χ1n) is 14.1. The Labute approximate surface area is 249 Å². The number of aliphatic hydroxyl groups excluding tert-OH is 1. The van der Waals surface area contributed by atoms with Gasteiger partial charge >= 0.3 is 5.97 Å². The van der Waals surface area contributed by atoms with E-state index in [2.05, 4.69) is 5.32 Å². The van der Waals surface area contributed by atoms with E-state index in [1.54, 1.807) is 69.3 Å². The summed E-state index contributed by atoms with van der Waals surface area (Å²) < 4.78 is 45.2. The van der Waals surface area contributed by atoms with Gasteiger partial charge in [-0.15, -0.1) is 0 Å². The van der Waals surface area contributed by atoms with Crippen LogP contribution in [0, 0.1) is 11.6 Å². The molecule has 0 aliphatic carbocycles. The Morgan fingerprint density at radius 1 is 1.02 bits per heavy atom. The number of benzene rings is 3. The number of amides is 1. The summed E-state index contributed by atoms with van der Waals surface area (Å²) in [5, 5.41) is 11.8. The van der Waals surface area contributed by atoms with Crippen molar-refractivity contribution in [3.63, 3.8) is 0 Å². The second-order valence-corrected chi connectivity index (χ2v) is 11.2. The van der Waals surface area contributed by atoms with Crippen molar-refractivity contribution in [1.82, 2.24) is 5.32 Å². The zero-order valence-electron chi connectivity index (χ0n) is 24.4. The molecule has 0 aromatic heterocycles. The number of carbonyl (C=O) groups is 2. The van der Waals surface area contributed by atoms with Crippen LogP contribution in [-0.2, 0) is 25.6 Å². The second-order valence-electron chi connectivity index (χ2n) is 11.2. The Morgan fingerprint density at radius 2 is 1.70 bits per heavy atom. The lowest BCUT2D eigenvalue weighted by Gasteiger charge is -2.31. The maximum atomic E-state index is 14.1. The molecule has 0 radical (unpaired) electrons. The predicted molar refractivity (Wildman–Crippen MR) is 156 cm³/mol. The van der Waals surface area contributed by atoms with Gasteiger partial charge in [0.2, 0.25) is 5.90 Å². The van der Waals surface area contributed by atoms with Gasteiger partial charge in [-0.1, -0.05) is 30.3 Å². The van der Waals surface area contributed by atoms with Gasteiger partial charge in [-0.25, -0.2) is 13.8 Å². The number of hydrogen-bond acceptors (Lipinski definition) is 7. The Kier molecular flexibility index (Phi) is 10.1. The molecule has 1 heterocycles. The normalized spacial score (nSPS) is 18.0. The molecule has 1 amide bonds. The number of halogens is 2. The van der Waals surface area contributed by atoms with Gasteiger partial charge in [-0.3, -0.25) is 9.59 Å². The zero-order valence-corrected chi connectivity index (χ0v) is 24.4. The number of nitrogens with one attached hydrogen (secondary N) is 1. The van der Waals surface area contributed by atoms with Crippen molar-refractivity contribution < 1.29 is 37.7 Å². The number of rotatable bonds is 12. The molecular formula is C33H36F2N2O6. The first kappa shape index (κ1) is 31.6.